The molecule has 1 aromatic heterocycles. The summed E-state index contributed by atoms with van der Waals surface area (Å²) >= 11 is 0. The minimum atomic E-state index is 0.493. The summed E-state index contributed by atoms with van der Waals surface area (Å²) in [6.45, 7) is 4.30. The summed E-state index contributed by atoms with van der Waals surface area (Å²) in [6, 6.07) is 9.57. The number of likely N-dealkylation sites (tertiary alicyclic amines) is 1. The molecule has 21 heavy (non-hydrogen) atoms. The minimum Gasteiger partial charge on any atom is -0.299 e. The summed E-state index contributed by atoms with van der Waals surface area (Å²) in [5, 5.41) is 7.36. The Bertz CT molecular complexity index is 608. The molecule has 1 fully saturated rings. The molecule has 1 atom stereocenters. The number of hydrogen-bond acceptors (Lipinski definition) is 3. The van der Waals surface area contributed by atoms with Gasteiger partial charge < -0.3 is 0 Å². The summed E-state index contributed by atoms with van der Waals surface area (Å²) in [7, 11) is 0. The Morgan fingerprint density at radius 1 is 1.19 bits per heavy atom. The van der Waals surface area contributed by atoms with E-state index in [1.165, 1.54) is 32.2 Å². The predicted molar refractivity (Wildman–Crippen MR) is 82.3 cm³/mol. The number of aryl methyl sites for hydroxylation is 1. The second-order valence-corrected chi connectivity index (χ2v) is 6.44. The second kappa shape index (κ2) is 5.26. The van der Waals surface area contributed by atoms with Gasteiger partial charge in [-0.3, -0.25) is 10.00 Å². The van der Waals surface area contributed by atoms with Crippen LogP contribution in [0.5, 0.6) is 0 Å². The summed E-state index contributed by atoms with van der Waals surface area (Å²) in [4.78, 5) is 7.21. The lowest BCUT2D eigenvalue weighted by Crippen LogP contribution is -2.42. The Morgan fingerprint density at radius 3 is 2.62 bits per heavy atom. The standard InChI is InChI=1S/C17H22N4/c1-12-18-17(20-19-12)15-7-4-8-21(11-15)16-9-13-5-2-3-6-14(13)10-16/h2-3,5-6,15-16H,4,7-11H2,1H3,(H,18,19,20)/t15-/m1/s1. The summed E-state index contributed by atoms with van der Waals surface area (Å²) in [5.74, 6) is 2.43. The van der Waals surface area contributed by atoms with Crippen LogP contribution in [0.3, 0.4) is 0 Å². The molecule has 1 aromatic carbocycles. The molecule has 2 aromatic rings. The molecule has 0 amide bonds. The first kappa shape index (κ1) is 13.0. The van der Waals surface area contributed by atoms with Crippen molar-refractivity contribution in [2.75, 3.05) is 13.1 Å². The van der Waals surface area contributed by atoms with Crippen molar-refractivity contribution in [3.8, 4) is 0 Å². The SMILES string of the molecule is Cc1nc([C@@H]2CCCN(C3Cc4ccccc4C3)C2)n[nH]1. The van der Waals surface area contributed by atoms with Gasteiger partial charge in [-0.2, -0.15) is 5.10 Å². The van der Waals surface area contributed by atoms with Crippen molar-refractivity contribution in [1.29, 1.82) is 0 Å². The number of aromatic nitrogens is 3. The van der Waals surface area contributed by atoms with E-state index in [4.69, 9.17) is 0 Å². The highest BCUT2D eigenvalue weighted by molar-refractivity contribution is 5.33. The normalized spacial score (nSPS) is 23.4. The maximum absolute atomic E-state index is 4.54. The second-order valence-electron chi connectivity index (χ2n) is 6.44. The number of hydrogen-bond donors (Lipinski definition) is 1. The van der Waals surface area contributed by atoms with Crippen LogP contribution in [0.1, 0.15) is 41.5 Å². The molecule has 0 spiro atoms. The molecule has 1 N–H and O–H groups in total. The van der Waals surface area contributed by atoms with Gasteiger partial charge in [-0.15, -0.1) is 0 Å². The number of piperidine rings is 1. The highest BCUT2D eigenvalue weighted by Gasteiger charge is 2.31. The van der Waals surface area contributed by atoms with Crippen LogP contribution in [-0.2, 0) is 12.8 Å². The molecule has 110 valence electrons. The maximum Gasteiger partial charge on any atom is 0.155 e. The van der Waals surface area contributed by atoms with Crippen molar-refractivity contribution >= 4 is 0 Å². The Kier molecular flexibility index (Phi) is 3.26. The van der Waals surface area contributed by atoms with Crippen LogP contribution in [0.2, 0.25) is 0 Å². The van der Waals surface area contributed by atoms with E-state index >= 15 is 0 Å². The molecule has 1 aliphatic heterocycles. The van der Waals surface area contributed by atoms with Gasteiger partial charge in [0.15, 0.2) is 5.82 Å². The maximum atomic E-state index is 4.54. The number of H-pyrrole nitrogens is 1. The molecular formula is C17H22N4. The van der Waals surface area contributed by atoms with Crippen molar-refractivity contribution < 1.29 is 0 Å². The van der Waals surface area contributed by atoms with E-state index in [-0.39, 0.29) is 0 Å². The predicted octanol–water partition coefficient (Wildman–Crippen LogP) is 2.46. The smallest absolute Gasteiger partial charge is 0.155 e. The Morgan fingerprint density at radius 2 is 1.95 bits per heavy atom. The van der Waals surface area contributed by atoms with Crippen LogP contribution < -0.4 is 0 Å². The molecule has 0 unspecified atom stereocenters. The molecule has 0 bridgehead atoms. The highest BCUT2D eigenvalue weighted by Crippen LogP contribution is 2.31. The zero-order chi connectivity index (χ0) is 14.2. The molecule has 0 radical (unpaired) electrons. The Balaban J connectivity index is 1.47. The van der Waals surface area contributed by atoms with Crippen LogP contribution in [0.4, 0.5) is 0 Å². The third-order valence-corrected chi connectivity index (χ3v) is 4.98. The van der Waals surface area contributed by atoms with E-state index in [9.17, 15) is 0 Å². The lowest BCUT2D eigenvalue weighted by atomic mass is 9.95. The van der Waals surface area contributed by atoms with Crippen LogP contribution in [0, 0.1) is 6.92 Å². The summed E-state index contributed by atoms with van der Waals surface area (Å²) in [5.41, 5.74) is 3.08. The average molecular weight is 282 g/mol. The van der Waals surface area contributed by atoms with Gasteiger partial charge in [0.05, 0.1) is 0 Å². The van der Waals surface area contributed by atoms with Gasteiger partial charge in [0.2, 0.25) is 0 Å². The molecule has 4 rings (SSSR count). The first-order valence-corrected chi connectivity index (χ1v) is 7.99. The molecule has 0 saturated carbocycles. The summed E-state index contributed by atoms with van der Waals surface area (Å²) in [6.07, 6.45) is 4.88. The average Bonchev–Trinajstić information content (AvgIpc) is 3.13. The van der Waals surface area contributed by atoms with Gasteiger partial charge in [-0.05, 0) is 50.3 Å². The monoisotopic (exact) mass is 282 g/mol. The fourth-order valence-electron chi connectivity index (χ4n) is 3.89. The van der Waals surface area contributed by atoms with Crippen LogP contribution in [-0.4, -0.2) is 39.2 Å². The molecule has 4 heteroatoms. The quantitative estimate of drug-likeness (QED) is 0.920. The van der Waals surface area contributed by atoms with Crippen molar-refractivity contribution in [2.45, 2.75) is 44.6 Å². The largest absolute Gasteiger partial charge is 0.299 e. The fourth-order valence-corrected chi connectivity index (χ4v) is 3.89. The number of nitrogens with one attached hydrogen (secondary N) is 1. The van der Waals surface area contributed by atoms with E-state index in [0.717, 1.165) is 18.2 Å². The third kappa shape index (κ3) is 2.48. The van der Waals surface area contributed by atoms with E-state index in [1.54, 1.807) is 11.1 Å². The van der Waals surface area contributed by atoms with Gasteiger partial charge in [-0.25, -0.2) is 4.98 Å². The number of benzene rings is 1. The van der Waals surface area contributed by atoms with Crippen molar-refractivity contribution in [3.05, 3.63) is 47.0 Å². The van der Waals surface area contributed by atoms with Crippen LogP contribution >= 0.6 is 0 Å². The van der Waals surface area contributed by atoms with Gasteiger partial charge in [0.25, 0.3) is 0 Å². The molecule has 4 nitrogen and oxygen atoms in total. The van der Waals surface area contributed by atoms with Gasteiger partial charge in [0.1, 0.15) is 5.82 Å². The minimum absolute atomic E-state index is 0.493. The number of fused-ring (bicyclic) bond motifs is 1. The summed E-state index contributed by atoms with van der Waals surface area (Å²) < 4.78 is 0. The fraction of sp³-hybridized carbons (Fsp3) is 0.529. The molecule has 2 heterocycles. The highest BCUT2D eigenvalue weighted by atomic mass is 15.2. The first-order valence-electron chi connectivity index (χ1n) is 7.99. The van der Waals surface area contributed by atoms with E-state index in [2.05, 4.69) is 44.3 Å². The van der Waals surface area contributed by atoms with E-state index < -0.39 is 0 Å². The zero-order valence-corrected chi connectivity index (χ0v) is 12.5. The van der Waals surface area contributed by atoms with Gasteiger partial charge in [-0.1, -0.05) is 24.3 Å². The van der Waals surface area contributed by atoms with Crippen LogP contribution in [0.25, 0.3) is 0 Å². The molecular weight excluding hydrogens is 260 g/mol. The van der Waals surface area contributed by atoms with Gasteiger partial charge in [0, 0.05) is 18.5 Å². The number of nitrogens with zero attached hydrogens (tertiary/aromatic N) is 3. The Hall–Kier alpha value is -1.68. The van der Waals surface area contributed by atoms with Crippen molar-refractivity contribution in [2.24, 2.45) is 0 Å². The lowest BCUT2D eigenvalue weighted by Gasteiger charge is -2.35. The Labute approximate surface area is 125 Å². The number of rotatable bonds is 2. The molecule has 2 aliphatic rings. The molecule has 1 aliphatic carbocycles. The van der Waals surface area contributed by atoms with Crippen molar-refractivity contribution in [1.82, 2.24) is 20.1 Å². The van der Waals surface area contributed by atoms with E-state index in [1.807, 2.05) is 6.92 Å². The first-order chi connectivity index (χ1) is 10.3. The van der Waals surface area contributed by atoms with E-state index in [0.29, 0.717) is 12.0 Å². The zero-order valence-electron chi connectivity index (χ0n) is 12.5. The molecule has 1 saturated heterocycles. The number of aromatic amines is 1. The lowest BCUT2D eigenvalue weighted by molar-refractivity contribution is 0.149. The third-order valence-electron chi connectivity index (χ3n) is 4.98. The topological polar surface area (TPSA) is 44.8 Å². The van der Waals surface area contributed by atoms with Crippen molar-refractivity contribution in [3.63, 3.8) is 0 Å². The van der Waals surface area contributed by atoms with Gasteiger partial charge >= 0.3 is 0 Å². The van der Waals surface area contributed by atoms with Crippen LogP contribution in [0.15, 0.2) is 24.3 Å².